The molecule has 3 heteroatoms. The van der Waals surface area contributed by atoms with E-state index in [2.05, 4.69) is 11.8 Å². The summed E-state index contributed by atoms with van der Waals surface area (Å²) in [4.78, 5) is 14.2. The van der Waals surface area contributed by atoms with Crippen molar-refractivity contribution in [3.05, 3.63) is 0 Å². The standard InChI is InChI=1S/C15H27NO2/c1-3-18-15(17)11-12(2)16-10-6-9-14(16)13-7-4-5-8-13/h12-14H,3-11H2,1-2H3. The van der Waals surface area contributed by atoms with Crippen LogP contribution in [0.3, 0.4) is 0 Å². The van der Waals surface area contributed by atoms with Gasteiger partial charge in [-0.3, -0.25) is 9.69 Å². The number of likely N-dealkylation sites (tertiary alicyclic amines) is 1. The highest BCUT2D eigenvalue weighted by molar-refractivity contribution is 5.70. The summed E-state index contributed by atoms with van der Waals surface area (Å²) < 4.78 is 5.07. The number of carbonyl (C=O) groups excluding carboxylic acids is 1. The van der Waals surface area contributed by atoms with E-state index in [0.29, 0.717) is 19.1 Å². The fraction of sp³-hybridized carbons (Fsp3) is 0.933. The number of hydrogen-bond donors (Lipinski definition) is 0. The molecular formula is C15H27NO2. The zero-order valence-corrected chi connectivity index (χ0v) is 11.9. The van der Waals surface area contributed by atoms with E-state index in [-0.39, 0.29) is 5.97 Å². The van der Waals surface area contributed by atoms with Crippen LogP contribution in [0.2, 0.25) is 0 Å². The molecule has 2 atom stereocenters. The van der Waals surface area contributed by atoms with E-state index in [0.717, 1.165) is 12.0 Å². The molecule has 1 heterocycles. The smallest absolute Gasteiger partial charge is 0.307 e. The van der Waals surface area contributed by atoms with E-state index in [9.17, 15) is 4.79 Å². The molecule has 1 aliphatic heterocycles. The second kappa shape index (κ2) is 6.55. The van der Waals surface area contributed by atoms with Crippen molar-refractivity contribution in [2.24, 2.45) is 5.92 Å². The van der Waals surface area contributed by atoms with Crippen LogP contribution in [0.5, 0.6) is 0 Å². The minimum Gasteiger partial charge on any atom is -0.466 e. The SMILES string of the molecule is CCOC(=O)CC(C)N1CCCC1C1CCCC1. The highest BCUT2D eigenvalue weighted by atomic mass is 16.5. The monoisotopic (exact) mass is 253 g/mol. The van der Waals surface area contributed by atoms with Crippen molar-refractivity contribution in [1.29, 1.82) is 0 Å². The molecule has 0 aromatic rings. The average molecular weight is 253 g/mol. The summed E-state index contributed by atoms with van der Waals surface area (Å²) in [6.45, 7) is 5.73. The zero-order chi connectivity index (χ0) is 13.0. The summed E-state index contributed by atoms with van der Waals surface area (Å²) in [5, 5.41) is 0. The maximum Gasteiger partial charge on any atom is 0.307 e. The molecule has 0 radical (unpaired) electrons. The first-order valence-electron chi connectivity index (χ1n) is 7.63. The van der Waals surface area contributed by atoms with Crippen LogP contribution in [-0.2, 0) is 9.53 Å². The Balaban J connectivity index is 1.87. The molecule has 2 unspecified atom stereocenters. The molecule has 0 N–H and O–H groups in total. The summed E-state index contributed by atoms with van der Waals surface area (Å²) in [7, 11) is 0. The van der Waals surface area contributed by atoms with Crippen LogP contribution in [0.15, 0.2) is 0 Å². The normalized spacial score (nSPS) is 27.6. The van der Waals surface area contributed by atoms with Gasteiger partial charge in [-0.2, -0.15) is 0 Å². The second-order valence-corrected chi connectivity index (χ2v) is 5.85. The first-order valence-corrected chi connectivity index (χ1v) is 7.63. The number of carbonyl (C=O) groups is 1. The molecule has 1 saturated heterocycles. The molecular weight excluding hydrogens is 226 g/mol. The van der Waals surface area contributed by atoms with E-state index < -0.39 is 0 Å². The molecule has 2 fully saturated rings. The van der Waals surface area contributed by atoms with E-state index in [4.69, 9.17) is 4.74 Å². The maximum absolute atomic E-state index is 11.6. The molecule has 0 spiro atoms. The molecule has 18 heavy (non-hydrogen) atoms. The molecule has 0 amide bonds. The van der Waals surface area contributed by atoms with E-state index in [1.54, 1.807) is 0 Å². The molecule has 2 rings (SSSR count). The van der Waals surface area contributed by atoms with Crippen molar-refractivity contribution in [2.45, 2.75) is 70.9 Å². The quantitative estimate of drug-likeness (QED) is 0.705. The minimum absolute atomic E-state index is 0.0397. The Morgan fingerprint density at radius 1 is 1.28 bits per heavy atom. The van der Waals surface area contributed by atoms with Crippen molar-refractivity contribution >= 4 is 5.97 Å². The fourth-order valence-electron chi connectivity index (χ4n) is 3.79. The lowest BCUT2D eigenvalue weighted by Crippen LogP contribution is -2.42. The van der Waals surface area contributed by atoms with Crippen molar-refractivity contribution in [1.82, 2.24) is 4.90 Å². The Morgan fingerprint density at radius 2 is 2.00 bits per heavy atom. The number of esters is 1. The van der Waals surface area contributed by atoms with Gasteiger partial charge in [0.1, 0.15) is 0 Å². The van der Waals surface area contributed by atoms with Crippen LogP contribution in [-0.4, -0.2) is 36.1 Å². The lowest BCUT2D eigenvalue weighted by atomic mass is 9.95. The van der Waals surface area contributed by atoms with Gasteiger partial charge in [0.05, 0.1) is 13.0 Å². The van der Waals surface area contributed by atoms with Gasteiger partial charge in [-0.1, -0.05) is 12.8 Å². The van der Waals surface area contributed by atoms with Gasteiger partial charge in [0.2, 0.25) is 0 Å². The molecule has 2 aliphatic rings. The van der Waals surface area contributed by atoms with Gasteiger partial charge in [-0.15, -0.1) is 0 Å². The summed E-state index contributed by atoms with van der Waals surface area (Å²) in [6, 6.07) is 1.08. The van der Waals surface area contributed by atoms with Crippen LogP contribution < -0.4 is 0 Å². The largest absolute Gasteiger partial charge is 0.466 e. The second-order valence-electron chi connectivity index (χ2n) is 5.85. The van der Waals surface area contributed by atoms with Crippen molar-refractivity contribution in [3.63, 3.8) is 0 Å². The van der Waals surface area contributed by atoms with Gasteiger partial charge in [0.25, 0.3) is 0 Å². The highest BCUT2D eigenvalue weighted by Crippen LogP contribution is 2.36. The number of rotatable bonds is 5. The van der Waals surface area contributed by atoms with Gasteiger partial charge >= 0.3 is 5.97 Å². The number of ether oxygens (including phenoxy) is 1. The maximum atomic E-state index is 11.6. The predicted octanol–water partition coefficient (Wildman–Crippen LogP) is 2.98. The number of hydrogen-bond acceptors (Lipinski definition) is 3. The zero-order valence-electron chi connectivity index (χ0n) is 11.9. The van der Waals surface area contributed by atoms with E-state index in [1.165, 1.54) is 45.1 Å². The summed E-state index contributed by atoms with van der Waals surface area (Å²) in [6.07, 6.45) is 8.78. The first kappa shape index (κ1) is 13.9. The van der Waals surface area contributed by atoms with Gasteiger partial charge in [0, 0.05) is 12.1 Å². The van der Waals surface area contributed by atoms with Gasteiger partial charge in [0.15, 0.2) is 0 Å². The van der Waals surface area contributed by atoms with Crippen LogP contribution in [0, 0.1) is 5.92 Å². The summed E-state index contributed by atoms with van der Waals surface area (Å²) in [5.41, 5.74) is 0. The molecule has 104 valence electrons. The Labute approximate surface area is 111 Å². The summed E-state index contributed by atoms with van der Waals surface area (Å²) in [5.74, 6) is 0.846. The molecule has 0 aromatic heterocycles. The predicted molar refractivity (Wildman–Crippen MR) is 72.4 cm³/mol. The first-order chi connectivity index (χ1) is 8.72. The van der Waals surface area contributed by atoms with Gasteiger partial charge in [-0.25, -0.2) is 0 Å². The third-order valence-corrected chi connectivity index (χ3v) is 4.62. The molecule has 1 saturated carbocycles. The van der Waals surface area contributed by atoms with E-state index >= 15 is 0 Å². The van der Waals surface area contributed by atoms with E-state index in [1.807, 2.05) is 6.92 Å². The molecule has 1 aliphatic carbocycles. The Bertz CT molecular complexity index is 274. The fourth-order valence-corrected chi connectivity index (χ4v) is 3.79. The summed E-state index contributed by atoms with van der Waals surface area (Å²) >= 11 is 0. The third-order valence-electron chi connectivity index (χ3n) is 4.62. The Morgan fingerprint density at radius 3 is 2.67 bits per heavy atom. The van der Waals surface area contributed by atoms with Crippen LogP contribution in [0.1, 0.15) is 58.8 Å². The highest BCUT2D eigenvalue weighted by Gasteiger charge is 2.35. The molecule has 3 nitrogen and oxygen atoms in total. The van der Waals surface area contributed by atoms with Crippen LogP contribution in [0.25, 0.3) is 0 Å². The minimum atomic E-state index is -0.0397. The third kappa shape index (κ3) is 3.25. The van der Waals surface area contributed by atoms with Crippen LogP contribution in [0.4, 0.5) is 0 Å². The lowest BCUT2D eigenvalue weighted by molar-refractivity contribution is -0.144. The van der Waals surface area contributed by atoms with Crippen molar-refractivity contribution in [3.8, 4) is 0 Å². The lowest BCUT2D eigenvalue weighted by Gasteiger charge is -2.33. The van der Waals surface area contributed by atoms with Crippen LogP contribution >= 0.6 is 0 Å². The Kier molecular flexibility index (Phi) is 5.04. The van der Waals surface area contributed by atoms with Crippen molar-refractivity contribution < 1.29 is 9.53 Å². The topological polar surface area (TPSA) is 29.5 Å². The van der Waals surface area contributed by atoms with Gasteiger partial charge < -0.3 is 4.74 Å². The molecule has 0 aromatic carbocycles. The molecule has 0 bridgehead atoms. The average Bonchev–Trinajstić information content (AvgIpc) is 3.00. The Hall–Kier alpha value is -0.570. The van der Waals surface area contributed by atoms with Crippen molar-refractivity contribution in [2.75, 3.05) is 13.2 Å². The van der Waals surface area contributed by atoms with Gasteiger partial charge in [-0.05, 0) is 52.0 Å². The number of nitrogens with zero attached hydrogens (tertiary/aromatic N) is 1.